The molecule has 0 unspecified atom stereocenters. The van der Waals surface area contributed by atoms with Crippen molar-refractivity contribution < 1.29 is 79.5 Å². The zero-order valence-electron chi connectivity index (χ0n) is 23.8. The molecule has 0 amide bonds. The van der Waals surface area contributed by atoms with E-state index in [0.717, 1.165) is 37.9 Å². The van der Waals surface area contributed by atoms with E-state index in [4.69, 9.17) is 28.4 Å². The van der Waals surface area contributed by atoms with Crippen molar-refractivity contribution in [2.45, 2.75) is 131 Å². The molecule has 3 saturated heterocycles. The van der Waals surface area contributed by atoms with Crippen molar-refractivity contribution in [3.05, 3.63) is 0 Å². The molecule has 3 aliphatic rings. The largest absolute Gasteiger partial charge is 0.394 e. The van der Waals surface area contributed by atoms with Gasteiger partial charge in [0.1, 0.15) is 73.2 Å². The van der Waals surface area contributed by atoms with Crippen LogP contribution in [0.2, 0.25) is 0 Å². The molecule has 43 heavy (non-hydrogen) atoms. The Hall–Kier alpha value is -0.290. The van der Waals surface area contributed by atoms with Crippen molar-refractivity contribution in [1.82, 2.24) is 0 Å². The lowest BCUT2D eigenvalue weighted by Crippen LogP contribution is -2.66. The van der Waals surface area contributed by atoms with Gasteiger partial charge in [0.2, 0.25) is 0 Å². The minimum atomic E-state index is -1.89. The van der Waals surface area contributed by atoms with Gasteiger partial charge in [0.15, 0.2) is 18.9 Å². The fraction of sp³-hybridized carbons (Fsp3) is 1.00. The molecule has 0 saturated carbocycles. The van der Waals surface area contributed by atoms with E-state index in [1.54, 1.807) is 0 Å². The summed E-state index contributed by atoms with van der Waals surface area (Å²) in [5.41, 5.74) is 0. The first-order valence-electron chi connectivity index (χ1n) is 14.7. The topological polar surface area (TPSA) is 258 Å². The van der Waals surface area contributed by atoms with Gasteiger partial charge in [0, 0.05) is 6.61 Å². The predicted octanol–water partition coefficient (Wildman–Crippen LogP) is -4.28. The molecule has 16 nitrogen and oxygen atoms in total. The normalized spacial score (nSPS) is 44.0. The molecule has 10 N–H and O–H groups in total. The van der Waals surface area contributed by atoms with Gasteiger partial charge in [-0.25, -0.2) is 0 Å². The fourth-order valence-corrected chi connectivity index (χ4v) is 5.53. The quantitative estimate of drug-likeness (QED) is 0.0559. The Kier molecular flexibility index (Phi) is 15.7. The molecule has 17 heteroatoms. The number of rotatable bonds is 16. The van der Waals surface area contributed by atoms with E-state index in [-0.39, 0.29) is 6.61 Å². The van der Waals surface area contributed by atoms with Gasteiger partial charge in [-0.3, -0.25) is 0 Å². The lowest BCUT2D eigenvalue weighted by Gasteiger charge is -2.48. The molecule has 0 aromatic heterocycles. The third kappa shape index (κ3) is 9.39. The molecule has 3 heterocycles. The average Bonchev–Trinajstić information content (AvgIpc) is 3.01. The lowest BCUT2D eigenvalue weighted by molar-refractivity contribution is -0.379. The molecule has 0 aromatic rings. The van der Waals surface area contributed by atoms with E-state index >= 15 is 0 Å². The molecule has 0 aromatic carbocycles. The molecular weight excluding hydrogens is 600 g/mol. The first-order valence-corrected chi connectivity index (χ1v) is 15.3. The van der Waals surface area contributed by atoms with Gasteiger partial charge in [0.05, 0.1) is 19.8 Å². The van der Waals surface area contributed by atoms with E-state index in [0.29, 0.717) is 6.42 Å². The van der Waals surface area contributed by atoms with Crippen LogP contribution in [-0.2, 0) is 28.4 Å². The molecule has 254 valence electrons. The summed E-state index contributed by atoms with van der Waals surface area (Å²) in [6.07, 6.45) is -18.1. The number of aliphatic hydroxyl groups is 10. The highest BCUT2D eigenvalue weighted by atomic mass is 32.1. The Morgan fingerprint density at radius 3 is 1.40 bits per heavy atom. The molecule has 3 aliphatic heterocycles. The number of aliphatic hydroxyl groups excluding tert-OH is 10. The van der Waals surface area contributed by atoms with Crippen molar-refractivity contribution in [3.8, 4) is 0 Å². The molecule has 0 spiro atoms. The number of unbranched alkanes of at least 4 members (excludes halogenated alkanes) is 5. The fourth-order valence-electron chi connectivity index (χ4n) is 5.30. The van der Waals surface area contributed by atoms with Gasteiger partial charge in [-0.1, -0.05) is 25.7 Å². The summed E-state index contributed by atoms with van der Waals surface area (Å²) in [6.45, 7) is -1.96. The van der Waals surface area contributed by atoms with Crippen LogP contribution < -0.4 is 0 Å². The van der Waals surface area contributed by atoms with Crippen LogP contribution in [-0.4, -0.2) is 175 Å². The van der Waals surface area contributed by atoms with Gasteiger partial charge in [-0.2, -0.15) is 12.6 Å². The van der Waals surface area contributed by atoms with Crippen LogP contribution in [0.3, 0.4) is 0 Å². The maximum absolute atomic E-state index is 10.8. The van der Waals surface area contributed by atoms with Crippen LogP contribution in [0.15, 0.2) is 0 Å². The highest BCUT2D eigenvalue weighted by molar-refractivity contribution is 7.80. The zero-order valence-corrected chi connectivity index (χ0v) is 24.7. The zero-order chi connectivity index (χ0) is 31.7. The van der Waals surface area contributed by atoms with Crippen molar-refractivity contribution in [1.29, 1.82) is 0 Å². The van der Waals surface area contributed by atoms with Crippen molar-refractivity contribution in [2.24, 2.45) is 0 Å². The molecule has 0 bridgehead atoms. The van der Waals surface area contributed by atoms with Crippen LogP contribution >= 0.6 is 12.6 Å². The summed E-state index contributed by atoms with van der Waals surface area (Å²) in [5.74, 6) is 0.855. The lowest BCUT2D eigenvalue weighted by atomic mass is 9.96. The van der Waals surface area contributed by atoms with E-state index in [2.05, 4.69) is 12.6 Å². The number of hydrogen-bond acceptors (Lipinski definition) is 17. The maximum Gasteiger partial charge on any atom is 0.187 e. The Morgan fingerprint density at radius 1 is 0.465 bits per heavy atom. The summed E-state index contributed by atoms with van der Waals surface area (Å²) in [4.78, 5) is 0. The Balaban J connectivity index is 1.57. The predicted molar refractivity (Wildman–Crippen MR) is 147 cm³/mol. The van der Waals surface area contributed by atoms with E-state index < -0.39 is 112 Å². The summed E-state index contributed by atoms with van der Waals surface area (Å²) in [5, 5.41) is 102. The second kappa shape index (κ2) is 18.2. The van der Waals surface area contributed by atoms with Crippen LogP contribution in [0, 0.1) is 0 Å². The van der Waals surface area contributed by atoms with E-state index in [9.17, 15) is 51.1 Å². The van der Waals surface area contributed by atoms with Gasteiger partial charge >= 0.3 is 0 Å². The number of ether oxygens (including phenoxy) is 6. The molecule has 3 rings (SSSR count). The smallest absolute Gasteiger partial charge is 0.187 e. The third-order valence-corrected chi connectivity index (χ3v) is 8.22. The SMILES string of the molecule is OC[C@H]1O[C@H](O[C@@H]2[C@H](O)[C@@H](O)[C@H](O[C@H]3[C@H](O)[C@@H](O)[C@H](OCCCCCCCCS)O[C@@H]3CO)O[C@@H]2CO)[C@H](O)[C@@H](O)[C@H]1O. The Labute approximate surface area is 255 Å². The maximum atomic E-state index is 10.8. The van der Waals surface area contributed by atoms with Crippen molar-refractivity contribution in [3.63, 3.8) is 0 Å². The van der Waals surface area contributed by atoms with Crippen molar-refractivity contribution >= 4 is 12.6 Å². The van der Waals surface area contributed by atoms with E-state index in [1.165, 1.54) is 0 Å². The molecule has 15 atom stereocenters. The number of thiol groups is 1. The van der Waals surface area contributed by atoms with Crippen LogP contribution in [0.25, 0.3) is 0 Å². The van der Waals surface area contributed by atoms with E-state index in [1.807, 2.05) is 0 Å². The third-order valence-electron chi connectivity index (χ3n) is 7.91. The van der Waals surface area contributed by atoms with Gasteiger partial charge in [-0.05, 0) is 18.6 Å². The van der Waals surface area contributed by atoms with Gasteiger partial charge in [-0.15, -0.1) is 0 Å². The molecular formula is C26H48O16S. The summed E-state index contributed by atoms with van der Waals surface area (Å²) < 4.78 is 33.2. The first-order chi connectivity index (χ1) is 20.6. The van der Waals surface area contributed by atoms with Crippen LogP contribution in [0.4, 0.5) is 0 Å². The highest BCUT2D eigenvalue weighted by Crippen LogP contribution is 2.32. The van der Waals surface area contributed by atoms with Crippen LogP contribution in [0.1, 0.15) is 38.5 Å². The standard InChI is InChI=1S/C26H48O16S/c27-9-12-15(30)16(31)19(34)25(38-12)41-23-14(11-29)40-26(21(36)18(23)33)42-22-13(10-28)39-24(20(35)17(22)32)37-7-5-3-1-2-4-6-8-43/h12-36,43H,1-11H2/t12-,13-,14-,15+,16+,17-,18-,19-,20-,21-,22-,23+,24-,25-,26+/m1/s1. The summed E-state index contributed by atoms with van der Waals surface area (Å²) in [7, 11) is 0. The average molecular weight is 649 g/mol. The Bertz CT molecular complexity index is 779. The van der Waals surface area contributed by atoms with Gasteiger partial charge < -0.3 is 79.5 Å². The monoisotopic (exact) mass is 648 g/mol. The summed E-state index contributed by atoms with van der Waals surface area (Å²) >= 11 is 4.19. The van der Waals surface area contributed by atoms with Gasteiger partial charge in [0.25, 0.3) is 0 Å². The first kappa shape index (κ1) is 37.2. The minimum absolute atomic E-state index is 0.245. The molecule has 0 aliphatic carbocycles. The highest BCUT2D eigenvalue weighted by Gasteiger charge is 2.53. The summed E-state index contributed by atoms with van der Waals surface area (Å²) in [6, 6.07) is 0. The second-order valence-electron chi connectivity index (χ2n) is 11.0. The Morgan fingerprint density at radius 2 is 0.884 bits per heavy atom. The molecule has 3 fully saturated rings. The van der Waals surface area contributed by atoms with Crippen molar-refractivity contribution in [2.75, 3.05) is 32.2 Å². The molecule has 0 radical (unpaired) electrons. The minimum Gasteiger partial charge on any atom is -0.394 e. The number of hydrogen-bond donors (Lipinski definition) is 11. The van der Waals surface area contributed by atoms with Crippen LogP contribution in [0.5, 0.6) is 0 Å². The second-order valence-corrected chi connectivity index (χ2v) is 11.5.